The highest BCUT2D eigenvalue weighted by molar-refractivity contribution is 6.42. The molecule has 5 nitrogen and oxygen atoms in total. The van der Waals surface area contributed by atoms with Gasteiger partial charge in [-0.05, 0) is 43.2 Å². The minimum atomic E-state index is -0.0223. The van der Waals surface area contributed by atoms with Crippen molar-refractivity contribution in [1.82, 2.24) is 14.8 Å². The Morgan fingerprint density at radius 2 is 2.08 bits per heavy atom. The van der Waals surface area contributed by atoms with Gasteiger partial charge in [0.2, 0.25) is 0 Å². The molecule has 0 saturated carbocycles. The SMILES string of the molecule is CN(c1ccc(Cl)c(Cl)c1)C1CCc2[nH]n(-c3ccccn3)c(=O)c2C1. The molecule has 0 spiro atoms. The van der Waals surface area contributed by atoms with E-state index in [9.17, 15) is 4.79 Å². The molecule has 134 valence electrons. The average Bonchev–Trinajstić information content (AvgIpc) is 3.00. The summed E-state index contributed by atoms with van der Waals surface area (Å²) in [5.41, 5.74) is 2.80. The number of hydrogen-bond donors (Lipinski definition) is 1. The number of likely N-dealkylation sites (N-methyl/N-ethyl adjacent to an activating group) is 1. The first-order chi connectivity index (χ1) is 12.5. The van der Waals surface area contributed by atoms with E-state index in [-0.39, 0.29) is 11.6 Å². The van der Waals surface area contributed by atoms with Crippen LogP contribution in [0.2, 0.25) is 10.0 Å². The van der Waals surface area contributed by atoms with Crippen LogP contribution in [-0.4, -0.2) is 27.9 Å². The van der Waals surface area contributed by atoms with E-state index in [1.165, 1.54) is 4.68 Å². The van der Waals surface area contributed by atoms with Crippen molar-refractivity contribution in [3.8, 4) is 5.82 Å². The normalized spacial score (nSPS) is 16.3. The van der Waals surface area contributed by atoms with Crippen molar-refractivity contribution in [2.24, 2.45) is 0 Å². The average molecular weight is 389 g/mol. The van der Waals surface area contributed by atoms with Gasteiger partial charge in [-0.15, -0.1) is 0 Å². The predicted molar refractivity (Wildman–Crippen MR) is 105 cm³/mol. The molecule has 1 aliphatic rings. The van der Waals surface area contributed by atoms with E-state index >= 15 is 0 Å². The van der Waals surface area contributed by atoms with Crippen molar-refractivity contribution in [3.63, 3.8) is 0 Å². The summed E-state index contributed by atoms with van der Waals surface area (Å²) in [6.45, 7) is 0. The second-order valence-electron chi connectivity index (χ2n) is 6.50. The van der Waals surface area contributed by atoms with Crippen LogP contribution in [-0.2, 0) is 12.8 Å². The second kappa shape index (κ2) is 6.82. The fraction of sp³-hybridized carbons (Fsp3) is 0.263. The van der Waals surface area contributed by atoms with E-state index in [2.05, 4.69) is 15.0 Å². The van der Waals surface area contributed by atoms with E-state index < -0.39 is 0 Å². The fourth-order valence-corrected chi connectivity index (χ4v) is 3.77. The molecule has 26 heavy (non-hydrogen) atoms. The Kier molecular flexibility index (Phi) is 4.51. The number of nitrogens with zero attached hydrogens (tertiary/aromatic N) is 3. The number of fused-ring (bicyclic) bond motifs is 1. The molecule has 2 aromatic heterocycles. The van der Waals surface area contributed by atoms with Crippen molar-refractivity contribution >= 4 is 28.9 Å². The number of hydrogen-bond acceptors (Lipinski definition) is 3. The number of H-pyrrole nitrogens is 1. The Hall–Kier alpha value is -2.24. The number of halogens is 2. The highest BCUT2D eigenvalue weighted by Gasteiger charge is 2.27. The lowest BCUT2D eigenvalue weighted by atomic mass is 9.92. The molecule has 1 N–H and O–H groups in total. The van der Waals surface area contributed by atoms with Crippen LogP contribution in [0.15, 0.2) is 47.4 Å². The van der Waals surface area contributed by atoms with Crippen molar-refractivity contribution in [3.05, 3.63) is 74.3 Å². The number of anilines is 1. The highest BCUT2D eigenvalue weighted by atomic mass is 35.5. The van der Waals surface area contributed by atoms with E-state index in [0.29, 0.717) is 22.3 Å². The first kappa shape index (κ1) is 17.2. The topological polar surface area (TPSA) is 53.9 Å². The van der Waals surface area contributed by atoms with Gasteiger partial charge in [-0.25, -0.2) is 9.67 Å². The van der Waals surface area contributed by atoms with Gasteiger partial charge in [0.25, 0.3) is 5.56 Å². The van der Waals surface area contributed by atoms with Gasteiger partial charge < -0.3 is 4.90 Å². The number of rotatable bonds is 3. The number of nitrogens with one attached hydrogen (secondary N) is 1. The largest absolute Gasteiger partial charge is 0.371 e. The molecular weight excluding hydrogens is 371 g/mol. The van der Waals surface area contributed by atoms with Crippen LogP contribution in [0.1, 0.15) is 17.7 Å². The van der Waals surface area contributed by atoms with Gasteiger partial charge in [0.15, 0.2) is 5.82 Å². The van der Waals surface area contributed by atoms with Crippen molar-refractivity contribution < 1.29 is 0 Å². The second-order valence-corrected chi connectivity index (χ2v) is 7.32. The molecule has 0 bridgehead atoms. The van der Waals surface area contributed by atoms with Crippen LogP contribution in [0.4, 0.5) is 5.69 Å². The van der Waals surface area contributed by atoms with Crippen molar-refractivity contribution in [1.29, 1.82) is 0 Å². The molecule has 1 atom stereocenters. The van der Waals surface area contributed by atoms with Gasteiger partial charge in [0, 0.05) is 42.7 Å². The number of benzene rings is 1. The summed E-state index contributed by atoms with van der Waals surface area (Å²) in [4.78, 5) is 19.3. The first-order valence-corrected chi connectivity index (χ1v) is 9.22. The Labute approximate surface area is 161 Å². The van der Waals surface area contributed by atoms with Crippen LogP contribution < -0.4 is 10.5 Å². The minimum absolute atomic E-state index is 0.0223. The molecule has 1 aromatic carbocycles. The summed E-state index contributed by atoms with van der Waals surface area (Å²) < 4.78 is 1.53. The lowest BCUT2D eigenvalue weighted by Crippen LogP contribution is -2.37. The summed E-state index contributed by atoms with van der Waals surface area (Å²) >= 11 is 12.2. The molecule has 7 heteroatoms. The molecule has 3 aromatic rings. The maximum absolute atomic E-state index is 12.9. The molecule has 0 fully saturated rings. The number of aryl methyl sites for hydroxylation is 1. The Bertz CT molecular complexity index is 997. The van der Waals surface area contributed by atoms with Crippen LogP contribution in [0.5, 0.6) is 0 Å². The molecule has 1 unspecified atom stereocenters. The molecule has 0 aliphatic heterocycles. The quantitative estimate of drug-likeness (QED) is 0.740. The van der Waals surface area contributed by atoms with Crippen molar-refractivity contribution in [2.45, 2.75) is 25.3 Å². The maximum atomic E-state index is 12.9. The predicted octanol–water partition coefficient (Wildman–Crippen LogP) is 3.86. The molecule has 0 amide bonds. The zero-order valence-corrected chi connectivity index (χ0v) is 15.8. The van der Waals surface area contributed by atoms with Crippen LogP contribution >= 0.6 is 23.2 Å². The van der Waals surface area contributed by atoms with E-state index in [1.54, 1.807) is 12.3 Å². The lowest BCUT2D eigenvalue weighted by molar-refractivity contribution is 0.542. The van der Waals surface area contributed by atoms with Crippen LogP contribution in [0, 0.1) is 0 Å². The third kappa shape index (κ3) is 3.02. The smallest absolute Gasteiger partial charge is 0.276 e. The summed E-state index contributed by atoms with van der Waals surface area (Å²) in [6.07, 6.45) is 4.14. The molecule has 0 radical (unpaired) electrons. The third-order valence-electron chi connectivity index (χ3n) is 4.98. The van der Waals surface area contributed by atoms with E-state index in [4.69, 9.17) is 23.2 Å². The van der Waals surface area contributed by atoms with Crippen LogP contribution in [0.3, 0.4) is 0 Å². The molecule has 0 saturated heterocycles. The standard InChI is InChI=1S/C19H18Cl2N4O/c1-24(13-5-7-15(20)16(21)11-13)12-6-8-17-14(10-12)19(26)25(23-17)18-4-2-3-9-22-18/h2-5,7,9,11-12,23H,6,8,10H2,1H3. The molecule has 1 aliphatic carbocycles. The number of aromatic amines is 1. The van der Waals surface area contributed by atoms with Gasteiger partial charge >= 0.3 is 0 Å². The Morgan fingerprint density at radius 1 is 1.23 bits per heavy atom. The summed E-state index contributed by atoms with van der Waals surface area (Å²) in [7, 11) is 2.03. The first-order valence-electron chi connectivity index (χ1n) is 8.46. The molecule has 4 rings (SSSR count). The van der Waals surface area contributed by atoms with Crippen molar-refractivity contribution in [2.75, 3.05) is 11.9 Å². The number of aromatic nitrogens is 3. The van der Waals surface area contributed by atoms with E-state index in [0.717, 1.165) is 29.8 Å². The summed E-state index contributed by atoms with van der Waals surface area (Å²) in [5.74, 6) is 0.612. The van der Waals surface area contributed by atoms with Gasteiger partial charge in [-0.1, -0.05) is 29.3 Å². The summed E-state index contributed by atoms with van der Waals surface area (Å²) in [5, 5.41) is 4.29. The molecular formula is C19H18Cl2N4O. The van der Waals surface area contributed by atoms with Crippen LogP contribution in [0.25, 0.3) is 5.82 Å². The zero-order chi connectivity index (χ0) is 18.3. The fourth-order valence-electron chi connectivity index (χ4n) is 3.48. The van der Waals surface area contributed by atoms with Gasteiger partial charge in [0.05, 0.1) is 10.0 Å². The van der Waals surface area contributed by atoms with Gasteiger partial charge in [-0.3, -0.25) is 9.89 Å². The lowest BCUT2D eigenvalue weighted by Gasteiger charge is -2.32. The number of pyridine rings is 1. The highest BCUT2D eigenvalue weighted by Crippen LogP contribution is 2.30. The monoisotopic (exact) mass is 388 g/mol. The van der Waals surface area contributed by atoms with Gasteiger partial charge in [0.1, 0.15) is 0 Å². The van der Waals surface area contributed by atoms with E-state index in [1.807, 2.05) is 37.4 Å². The van der Waals surface area contributed by atoms with Gasteiger partial charge in [-0.2, -0.15) is 0 Å². The zero-order valence-electron chi connectivity index (χ0n) is 14.2. The maximum Gasteiger partial charge on any atom is 0.276 e. The molecule has 2 heterocycles. The summed E-state index contributed by atoms with van der Waals surface area (Å²) in [6, 6.07) is 11.4. The Balaban J connectivity index is 1.62. The Morgan fingerprint density at radius 3 is 2.81 bits per heavy atom. The third-order valence-corrected chi connectivity index (χ3v) is 5.72. The minimum Gasteiger partial charge on any atom is -0.371 e.